The number of hydrogen-bond donors (Lipinski definition) is 0. The van der Waals surface area contributed by atoms with Gasteiger partial charge in [-0.1, -0.05) is 83.6 Å². The lowest BCUT2D eigenvalue weighted by Gasteiger charge is -2.38. The van der Waals surface area contributed by atoms with Crippen molar-refractivity contribution in [1.82, 2.24) is 30.1 Å². The van der Waals surface area contributed by atoms with Crippen molar-refractivity contribution in [3.63, 3.8) is 0 Å². The van der Waals surface area contributed by atoms with E-state index in [0.717, 1.165) is 42.7 Å². The van der Waals surface area contributed by atoms with E-state index in [-0.39, 0.29) is 6.04 Å². The molecule has 0 amide bonds. The van der Waals surface area contributed by atoms with E-state index in [1.54, 1.807) is 11.3 Å². The zero-order valence-corrected chi connectivity index (χ0v) is 20.5. The number of aryl methyl sites for hydroxylation is 1. The number of hydrogen-bond acceptors (Lipinski definition) is 7. The molecule has 1 unspecified atom stereocenters. The van der Waals surface area contributed by atoms with Crippen molar-refractivity contribution in [2.75, 3.05) is 31.1 Å². The molecule has 176 valence electrons. The largest absolute Gasteiger partial charge is 0.345 e. The number of thiazole rings is 1. The molecule has 0 N–H and O–H groups in total. The molecule has 7 nitrogen and oxygen atoms in total. The maximum Gasteiger partial charge on any atom is 0.186 e. The van der Waals surface area contributed by atoms with Crippen LogP contribution in [0.4, 0.5) is 5.13 Å². The summed E-state index contributed by atoms with van der Waals surface area (Å²) < 4.78 is 3.18. The standard InChI is InChI=1S/C27H27N7S/c1-20-11-13-22(14-12-20)25(26-29-30-31-34(26)19-21-7-3-2-4-8-21)32-15-17-33(18-16-32)27-28-23-9-5-6-10-24(23)35-27/h2-14,25H,15-19H2,1H3. The Morgan fingerprint density at radius 1 is 0.857 bits per heavy atom. The van der Waals surface area contributed by atoms with Gasteiger partial charge in [-0.3, -0.25) is 4.90 Å². The molecular formula is C27H27N7S. The van der Waals surface area contributed by atoms with E-state index in [1.165, 1.54) is 21.4 Å². The predicted octanol–water partition coefficient (Wildman–Crippen LogP) is 4.55. The van der Waals surface area contributed by atoms with Gasteiger partial charge in [0, 0.05) is 26.2 Å². The second kappa shape index (κ2) is 9.56. The van der Waals surface area contributed by atoms with Gasteiger partial charge < -0.3 is 4.90 Å². The van der Waals surface area contributed by atoms with Gasteiger partial charge in [0.25, 0.3) is 0 Å². The van der Waals surface area contributed by atoms with Crippen LogP contribution in [0, 0.1) is 6.92 Å². The van der Waals surface area contributed by atoms with Crippen molar-refractivity contribution in [2.45, 2.75) is 19.5 Å². The molecule has 0 radical (unpaired) electrons. The van der Waals surface area contributed by atoms with Crippen LogP contribution in [0.25, 0.3) is 10.2 Å². The van der Waals surface area contributed by atoms with Crippen LogP contribution in [0.5, 0.6) is 0 Å². The average Bonchev–Trinajstić information content (AvgIpc) is 3.54. The van der Waals surface area contributed by atoms with Crippen molar-refractivity contribution >= 4 is 26.7 Å². The van der Waals surface area contributed by atoms with Gasteiger partial charge in [0.2, 0.25) is 0 Å². The topological polar surface area (TPSA) is 63.0 Å². The number of anilines is 1. The van der Waals surface area contributed by atoms with Crippen molar-refractivity contribution in [3.8, 4) is 0 Å². The zero-order chi connectivity index (χ0) is 23.6. The van der Waals surface area contributed by atoms with Gasteiger partial charge in [0.15, 0.2) is 11.0 Å². The first kappa shape index (κ1) is 21.9. The molecule has 1 aliphatic rings. The van der Waals surface area contributed by atoms with Gasteiger partial charge in [-0.25, -0.2) is 9.67 Å². The minimum absolute atomic E-state index is 0.00757. The predicted molar refractivity (Wildman–Crippen MR) is 140 cm³/mol. The molecule has 0 bridgehead atoms. The molecule has 1 atom stereocenters. The van der Waals surface area contributed by atoms with Gasteiger partial charge in [-0.15, -0.1) is 5.10 Å². The first-order valence-electron chi connectivity index (χ1n) is 12.0. The molecule has 3 heterocycles. The number of benzene rings is 3. The molecule has 8 heteroatoms. The number of fused-ring (bicyclic) bond motifs is 1. The number of piperazine rings is 1. The van der Waals surface area contributed by atoms with E-state index in [2.05, 4.69) is 105 Å². The van der Waals surface area contributed by atoms with Crippen LogP contribution in [-0.4, -0.2) is 56.3 Å². The molecular weight excluding hydrogens is 454 g/mol. The fourth-order valence-electron chi connectivity index (χ4n) is 4.72. The minimum Gasteiger partial charge on any atom is -0.345 e. The third-order valence-corrected chi connectivity index (χ3v) is 7.70. The first-order chi connectivity index (χ1) is 17.2. The van der Waals surface area contributed by atoms with Crippen LogP contribution >= 0.6 is 11.3 Å². The Kier molecular flexibility index (Phi) is 5.98. The molecule has 0 spiro atoms. The number of rotatable bonds is 6. The Balaban J connectivity index is 1.27. The van der Waals surface area contributed by atoms with Crippen molar-refractivity contribution in [1.29, 1.82) is 0 Å². The smallest absolute Gasteiger partial charge is 0.186 e. The fraction of sp³-hybridized carbons (Fsp3) is 0.259. The molecule has 2 aromatic heterocycles. The van der Waals surface area contributed by atoms with Gasteiger partial charge in [-0.2, -0.15) is 0 Å². The summed E-state index contributed by atoms with van der Waals surface area (Å²) in [6, 6.07) is 27.5. The summed E-state index contributed by atoms with van der Waals surface area (Å²) in [7, 11) is 0. The molecule has 1 saturated heterocycles. The maximum atomic E-state index is 4.87. The van der Waals surface area contributed by atoms with Crippen LogP contribution in [0.1, 0.15) is 28.6 Å². The zero-order valence-electron chi connectivity index (χ0n) is 19.7. The Morgan fingerprint density at radius 3 is 2.37 bits per heavy atom. The highest BCUT2D eigenvalue weighted by Crippen LogP contribution is 2.32. The summed E-state index contributed by atoms with van der Waals surface area (Å²) in [5.41, 5.74) is 4.72. The van der Waals surface area contributed by atoms with E-state index in [1.807, 2.05) is 10.7 Å². The summed E-state index contributed by atoms with van der Waals surface area (Å²) in [4.78, 5) is 9.78. The van der Waals surface area contributed by atoms with E-state index < -0.39 is 0 Å². The third-order valence-electron chi connectivity index (χ3n) is 6.60. The lowest BCUT2D eigenvalue weighted by molar-refractivity contribution is 0.201. The summed E-state index contributed by atoms with van der Waals surface area (Å²) in [6.45, 7) is 6.43. The van der Waals surface area contributed by atoms with Crippen LogP contribution < -0.4 is 4.90 Å². The Labute approximate surface area is 208 Å². The molecule has 6 rings (SSSR count). The monoisotopic (exact) mass is 481 g/mol. The van der Waals surface area contributed by atoms with Crippen molar-refractivity contribution in [2.24, 2.45) is 0 Å². The average molecular weight is 482 g/mol. The summed E-state index contributed by atoms with van der Waals surface area (Å²) in [5.74, 6) is 0.881. The number of aromatic nitrogens is 5. The van der Waals surface area contributed by atoms with E-state index >= 15 is 0 Å². The highest BCUT2D eigenvalue weighted by molar-refractivity contribution is 7.22. The van der Waals surface area contributed by atoms with E-state index in [4.69, 9.17) is 4.98 Å². The first-order valence-corrected chi connectivity index (χ1v) is 12.8. The van der Waals surface area contributed by atoms with E-state index in [0.29, 0.717) is 6.54 Å². The molecule has 1 fully saturated rings. The van der Waals surface area contributed by atoms with Crippen LogP contribution in [-0.2, 0) is 6.54 Å². The fourth-order valence-corrected chi connectivity index (χ4v) is 5.73. The van der Waals surface area contributed by atoms with E-state index in [9.17, 15) is 0 Å². The molecule has 0 aliphatic carbocycles. The molecule has 0 saturated carbocycles. The molecule has 3 aromatic carbocycles. The lowest BCUT2D eigenvalue weighted by Crippen LogP contribution is -2.48. The summed E-state index contributed by atoms with van der Waals surface area (Å²) in [6.07, 6.45) is 0. The summed E-state index contributed by atoms with van der Waals surface area (Å²) in [5, 5.41) is 14.1. The number of tetrazole rings is 1. The van der Waals surface area contributed by atoms with Gasteiger partial charge in [0.05, 0.1) is 22.8 Å². The summed E-state index contributed by atoms with van der Waals surface area (Å²) >= 11 is 1.77. The second-order valence-corrected chi connectivity index (χ2v) is 9.99. The number of para-hydroxylation sites is 1. The van der Waals surface area contributed by atoms with Crippen LogP contribution in [0.3, 0.4) is 0 Å². The third kappa shape index (κ3) is 4.54. The van der Waals surface area contributed by atoms with Crippen molar-refractivity contribution < 1.29 is 0 Å². The minimum atomic E-state index is -0.00757. The van der Waals surface area contributed by atoms with Gasteiger partial charge in [-0.05, 0) is 40.6 Å². The SMILES string of the molecule is Cc1ccc(C(c2nnnn2Cc2ccccc2)N2CCN(c3nc4ccccc4s3)CC2)cc1. The van der Waals surface area contributed by atoms with Crippen LogP contribution in [0.15, 0.2) is 78.9 Å². The highest BCUT2D eigenvalue weighted by Gasteiger charge is 2.31. The van der Waals surface area contributed by atoms with Crippen LogP contribution in [0.2, 0.25) is 0 Å². The Morgan fingerprint density at radius 2 is 1.60 bits per heavy atom. The molecule has 5 aromatic rings. The maximum absolute atomic E-state index is 4.87. The molecule has 35 heavy (non-hydrogen) atoms. The molecule has 1 aliphatic heterocycles. The van der Waals surface area contributed by atoms with Crippen molar-refractivity contribution in [3.05, 3.63) is 101 Å². The lowest BCUT2D eigenvalue weighted by atomic mass is 10.0. The van der Waals surface area contributed by atoms with Gasteiger partial charge >= 0.3 is 0 Å². The normalized spacial score (nSPS) is 15.5. The van der Waals surface area contributed by atoms with Gasteiger partial charge in [0.1, 0.15) is 0 Å². The Hall–Kier alpha value is -3.62. The second-order valence-electron chi connectivity index (χ2n) is 8.98. The number of nitrogens with zero attached hydrogens (tertiary/aromatic N) is 7. The highest BCUT2D eigenvalue weighted by atomic mass is 32.1. The quantitative estimate of drug-likeness (QED) is 0.355. The Bertz CT molecular complexity index is 1370.